The number of alkyl halides is 2. The Morgan fingerprint density at radius 3 is 2.86 bits per heavy atom. The van der Waals surface area contributed by atoms with Gasteiger partial charge in [0.05, 0.1) is 18.8 Å². The van der Waals surface area contributed by atoms with E-state index in [9.17, 15) is 18.7 Å². The average molecular weight is 397 g/mol. The van der Waals surface area contributed by atoms with Crippen molar-refractivity contribution in [1.82, 2.24) is 15.6 Å². The van der Waals surface area contributed by atoms with Crippen LogP contribution in [0.15, 0.2) is 41.3 Å². The van der Waals surface area contributed by atoms with Crippen LogP contribution in [0.25, 0.3) is 11.3 Å². The summed E-state index contributed by atoms with van der Waals surface area (Å²) in [6.45, 7) is -3.06. The highest BCUT2D eigenvalue weighted by Crippen LogP contribution is 2.21. The zero-order chi connectivity index (χ0) is 19.9. The lowest BCUT2D eigenvalue weighted by Gasteiger charge is -2.22. The van der Waals surface area contributed by atoms with Gasteiger partial charge >= 0.3 is 12.7 Å². The minimum Gasteiger partial charge on any atom is -0.444 e. The van der Waals surface area contributed by atoms with Crippen LogP contribution in [0, 0.1) is 0 Å². The van der Waals surface area contributed by atoms with E-state index in [4.69, 9.17) is 9.15 Å². The van der Waals surface area contributed by atoms with E-state index in [-0.39, 0.29) is 25.7 Å². The monoisotopic (exact) mass is 397 g/mol. The van der Waals surface area contributed by atoms with Gasteiger partial charge in [-0.25, -0.2) is 9.78 Å². The first-order chi connectivity index (χ1) is 13.5. The molecule has 1 fully saturated rings. The molecule has 2 heterocycles. The fourth-order valence-electron chi connectivity index (χ4n) is 3.01. The van der Waals surface area contributed by atoms with Gasteiger partial charge in [-0.2, -0.15) is 8.78 Å². The van der Waals surface area contributed by atoms with Crippen LogP contribution in [0.3, 0.4) is 0 Å². The van der Waals surface area contributed by atoms with Gasteiger partial charge in [-0.3, -0.25) is 0 Å². The smallest absolute Gasteiger partial charge is 0.407 e. The number of carbonyl (C=O) groups excluding carboxylic acids is 1. The van der Waals surface area contributed by atoms with Crippen molar-refractivity contribution in [2.75, 3.05) is 19.7 Å². The maximum Gasteiger partial charge on any atom is 0.407 e. The van der Waals surface area contributed by atoms with Gasteiger partial charge in [-0.15, -0.1) is 0 Å². The number of benzene rings is 1. The van der Waals surface area contributed by atoms with Crippen LogP contribution in [0.4, 0.5) is 13.6 Å². The summed E-state index contributed by atoms with van der Waals surface area (Å²) in [5.41, 5.74) is 1.87. The molecule has 1 aliphatic heterocycles. The van der Waals surface area contributed by atoms with E-state index in [0.29, 0.717) is 12.2 Å². The summed E-state index contributed by atoms with van der Waals surface area (Å²) in [5, 5.41) is 15.5. The summed E-state index contributed by atoms with van der Waals surface area (Å²) >= 11 is 0. The summed E-state index contributed by atoms with van der Waals surface area (Å²) < 4.78 is 38.3. The Morgan fingerprint density at radius 1 is 1.39 bits per heavy atom. The van der Waals surface area contributed by atoms with Gasteiger partial charge in [0.1, 0.15) is 12.2 Å². The molecule has 2 aromatic rings. The van der Waals surface area contributed by atoms with Crippen LogP contribution in [-0.2, 0) is 15.9 Å². The molecule has 0 aliphatic carbocycles. The summed E-state index contributed by atoms with van der Waals surface area (Å²) in [7, 11) is 0. The van der Waals surface area contributed by atoms with Crippen LogP contribution in [-0.4, -0.2) is 60.7 Å². The zero-order valence-electron chi connectivity index (χ0n) is 14.9. The third-order valence-electron chi connectivity index (χ3n) is 4.35. The number of nitrogens with one attached hydrogen (secondary N) is 2. The number of nitrogens with zero attached hydrogens (tertiary/aromatic N) is 1. The van der Waals surface area contributed by atoms with E-state index in [1.807, 2.05) is 24.3 Å². The molecule has 10 heteroatoms. The van der Waals surface area contributed by atoms with Crippen molar-refractivity contribution in [1.29, 1.82) is 0 Å². The molecule has 1 aromatic carbocycles. The number of aromatic nitrogens is 1. The second kappa shape index (κ2) is 9.58. The molecule has 0 saturated carbocycles. The Kier molecular flexibility index (Phi) is 6.90. The predicted molar refractivity (Wildman–Crippen MR) is 93.7 cm³/mol. The maximum absolute atomic E-state index is 11.9. The molecule has 0 spiro atoms. The van der Waals surface area contributed by atoms with E-state index in [2.05, 4.69) is 20.4 Å². The number of halogens is 2. The Hall–Kier alpha value is -2.56. The minimum absolute atomic E-state index is 0.118. The summed E-state index contributed by atoms with van der Waals surface area (Å²) in [4.78, 5) is 15.7. The number of hydrogen-bond acceptors (Lipinski definition) is 7. The van der Waals surface area contributed by atoms with Crippen molar-refractivity contribution in [3.63, 3.8) is 0 Å². The SMILES string of the molecule is O=C(NCCOC(F)F)O[C@@H]1[C@@H](O)CN[C@@H]1Cc1ccc(-c2cnco2)cc1. The fourth-order valence-corrected chi connectivity index (χ4v) is 3.01. The third kappa shape index (κ3) is 5.47. The number of β-amino-alcohol motifs (C(OH)–C–C–N with tert-alkyl or cyclic N) is 1. The van der Waals surface area contributed by atoms with Crippen LogP contribution >= 0.6 is 0 Å². The Labute approximate surface area is 159 Å². The summed E-state index contributed by atoms with van der Waals surface area (Å²) in [6.07, 6.45) is 1.10. The third-order valence-corrected chi connectivity index (χ3v) is 4.35. The molecule has 0 radical (unpaired) electrons. The van der Waals surface area contributed by atoms with Crippen LogP contribution in [0.2, 0.25) is 0 Å². The normalized spacial score (nSPS) is 21.8. The first kappa shape index (κ1) is 20.2. The van der Waals surface area contributed by atoms with Crippen molar-refractivity contribution >= 4 is 6.09 Å². The molecule has 8 nitrogen and oxygen atoms in total. The van der Waals surface area contributed by atoms with Gasteiger partial charge in [0, 0.05) is 18.7 Å². The lowest BCUT2D eigenvalue weighted by molar-refractivity contribution is -0.127. The van der Waals surface area contributed by atoms with Crippen LogP contribution in [0.1, 0.15) is 5.56 Å². The molecule has 152 valence electrons. The number of alkyl carbamates (subject to hydrolysis) is 1. The fraction of sp³-hybridized carbons (Fsp3) is 0.444. The van der Waals surface area contributed by atoms with Gasteiger partial charge < -0.3 is 29.6 Å². The van der Waals surface area contributed by atoms with Gasteiger partial charge in [0.15, 0.2) is 12.2 Å². The lowest BCUT2D eigenvalue weighted by atomic mass is 10.0. The highest BCUT2D eigenvalue weighted by Gasteiger charge is 2.37. The highest BCUT2D eigenvalue weighted by atomic mass is 19.3. The topological polar surface area (TPSA) is 106 Å². The molecule has 0 bridgehead atoms. The van der Waals surface area contributed by atoms with Crippen molar-refractivity contribution in [2.45, 2.75) is 31.3 Å². The van der Waals surface area contributed by atoms with Crippen molar-refractivity contribution in [2.24, 2.45) is 0 Å². The number of ether oxygens (including phenoxy) is 2. The standard InChI is InChI=1S/C18H21F2N3O5/c19-17(20)26-6-5-22-18(25)28-16-13(23-8-14(16)24)7-11-1-3-12(4-2-11)15-9-21-10-27-15/h1-4,9-10,13-14,16-17,23-24H,5-8H2,(H,22,25)/t13-,14+,16+/m1/s1. The largest absolute Gasteiger partial charge is 0.444 e. The Morgan fingerprint density at radius 2 is 2.18 bits per heavy atom. The Balaban J connectivity index is 1.52. The molecule has 3 rings (SSSR count). The van der Waals surface area contributed by atoms with Gasteiger partial charge in [-0.1, -0.05) is 24.3 Å². The second-order valence-electron chi connectivity index (χ2n) is 6.28. The molecule has 28 heavy (non-hydrogen) atoms. The van der Waals surface area contributed by atoms with Gasteiger partial charge in [-0.05, 0) is 12.0 Å². The predicted octanol–water partition coefficient (Wildman–Crippen LogP) is 1.55. The van der Waals surface area contributed by atoms with Crippen LogP contribution in [0.5, 0.6) is 0 Å². The number of oxazole rings is 1. The quantitative estimate of drug-likeness (QED) is 0.581. The van der Waals surface area contributed by atoms with Crippen molar-refractivity contribution in [3.05, 3.63) is 42.4 Å². The number of aliphatic hydroxyl groups is 1. The zero-order valence-corrected chi connectivity index (χ0v) is 14.9. The van der Waals surface area contributed by atoms with E-state index >= 15 is 0 Å². The molecule has 0 unspecified atom stereocenters. The summed E-state index contributed by atoms with van der Waals surface area (Å²) in [6, 6.07) is 7.35. The van der Waals surface area contributed by atoms with E-state index in [1.165, 1.54) is 6.39 Å². The number of aliphatic hydroxyl groups excluding tert-OH is 1. The molecule has 1 saturated heterocycles. The molecule has 1 aliphatic rings. The molecule has 3 N–H and O–H groups in total. The lowest BCUT2D eigenvalue weighted by Crippen LogP contribution is -2.42. The Bertz CT molecular complexity index is 742. The van der Waals surface area contributed by atoms with Crippen LogP contribution < -0.4 is 10.6 Å². The first-order valence-corrected chi connectivity index (χ1v) is 8.76. The molecular formula is C18H21F2N3O5. The second-order valence-corrected chi connectivity index (χ2v) is 6.28. The van der Waals surface area contributed by atoms with Gasteiger partial charge in [0.25, 0.3) is 0 Å². The number of carbonyl (C=O) groups is 1. The van der Waals surface area contributed by atoms with Gasteiger partial charge in [0.2, 0.25) is 0 Å². The molecule has 1 aromatic heterocycles. The minimum atomic E-state index is -2.89. The number of rotatable bonds is 8. The maximum atomic E-state index is 11.9. The first-order valence-electron chi connectivity index (χ1n) is 8.76. The molecular weight excluding hydrogens is 376 g/mol. The molecule has 3 atom stereocenters. The average Bonchev–Trinajstić information content (AvgIpc) is 3.32. The van der Waals surface area contributed by atoms with E-state index in [0.717, 1.165) is 11.1 Å². The van der Waals surface area contributed by atoms with Crippen molar-refractivity contribution in [3.8, 4) is 11.3 Å². The van der Waals surface area contributed by atoms with Crippen molar-refractivity contribution < 1.29 is 32.6 Å². The van der Waals surface area contributed by atoms with E-state index in [1.54, 1.807) is 6.20 Å². The number of hydrogen-bond donors (Lipinski definition) is 3. The van der Waals surface area contributed by atoms with E-state index < -0.39 is 24.9 Å². The highest BCUT2D eigenvalue weighted by molar-refractivity contribution is 5.67. The number of amides is 1. The summed E-state index contributed by atoms with van der Waals surface area (Å²) in [5.74, 6) is 0.662. The molecule has 1 amide bonds.